The third-order valence-electron chi connectivity index (χ3n) is 3.31. The highest BCUT2D eigenvalue weighted by atomic mass is 35.5. The second-order valence-corrected chi connectivity index (χ2v) is 6.96. The van der Waals surface area contributed by atoms with Gasteiger partial charge in [0.15, 0.2) is 5.84 Å². The first-order chi connectivity index (χ1) is 12.5. The number of thiophene rings is 1. The van der Waals surface area contributed by atoms with Crippen LogP contribution in [0.25, 0.3) is 0 Å². The molecule has 2 rings (SSSR count). The van der Waals surface area contributed by atoms with Crippen LogP contribution in [0.15, 0.2) is 40.9 Å². The van der Waals surface area contributed by atoms with Gasteiger partial charge in [-0.2, -0.15) is 0 Å². The van der Waals surface area contributed by atoms with Gasteiger partial charge in [-0.25, -0.2) is 4.79 Å². The van der Waals surface area contributed by atoms with Gasteiger partial charge in [-0.1, -0.05) is 16.8 Å². The molecule has 1 aromatic heterocycles. The van der Waals surface area contributed by atoms with Crippen molar-refractivity contribution in [2.24, 2.45) is 10.9 Å². The lowest BCUT2D eigenvalue weighted by molar-refractivity contribution is 0.0975. The van der Waals surface area contributed by atoms with Crippen LogP contribution in [0.2, 0.25) is 5.02 Å². The van der Waals surface area contributed by atoms with Crippen molar-refractivity contribution in [3.8, 4) is 0 Å². The molecule has 0 aliphatic heterocycles. The summed E-state index contributed by atoms with van der Waals surface area (Å²) in [5, 5.41) is 20.6. The van der Waals surface area contributed by atoms with E-state index in [1.807, 2.05) is 18.4 Å². The fourth-order valence-electron chi connectivity index (χ4n) is 2.11. The highest BCUT2D eigenvalue weighted by Crippen LogP contribution is 2.16. The van der Waals surface area contributed by atoms with Gasteiger partial charge in [-0.05, 0) is 48.2 Å². The number of carbonyl (C=O) groups excluding carboxylic acids is 1. The largest absolute Gasteiger partial charge is 0.393 e. The lowest BCUT2D eigenvalue weighted by Crippen LogP contribution is -2.47. The standard InChI is InChI=1S/C17H21ClN4O3S/c1-11-8-14(26-10-11)9-15(16(19)22-25-7-6-23)21-17(24)20-13-4-2-12(18)3-5-13/h2-5,8,10,15,23H,6-7,9H2,1H3,(H2,19,22)(H2,20,21,24). The number of rotatable bonds is 8. The Morgan fingerprint density at radius 3 is 2.77 bits per heavy atom. The average molecular weight is 397 g/mol. The van der Waals surface area contributed by atoms with Crippen molar-refractivity contribution in [1.29, 1.82) is 0 Å². The van der Waals surface area contributed by atoms with Crippen molar-refractivity contribution in [1.82, 2.24) is 5.32 Å². The number of amides is 2. The molecule has 0 radical (unpaired) electrons. The van der Waals surface area contributed by atoms with E-state index in [4.69, 9.17) is 27.3 Å². The van der Waals surface area contributed by atoms with Gasteiger partial charge in [-0.3, -0.25) is 0 Å². The summed E-state index contributed by atoms with van der Waals surface area (Å²) in [6.07, 6.45) is 0.477. The first-order valence-electron chi connectivity index (χ1n) is 7.91. The van der Waals surface area contributed by atoms with Gasteiger partial charge in [0, 0.05) is 22.0 Å². The number of urea groups is 1. The third-order valence-corrected chi connectivity index (χ3v) is 4.64. The molecule has 1 atom stereocenters. The fourth-order valence-corrected chi connectivity index (χ4v) is 3.16. The maximum absolute atomic E-state index is 12.3. The van der Waals surface area contributed by atoms with Crippen LogP contribution in [0.1, 0.15) is 10.4 Å². The van der Waals surface area contributed by atoms with E-state index < -0.39 is 12.1 Å². The first kappa shape index (κ1) is 20.0. The summed E-state index contributed by atoms with van der Waals surface area (Å²) in [5.74, 6) is 0.121. The number of amidine groups is 1. The fraction of sp³-hybridized carbons (Fsp3) is 0.294. The predicted molar refractivity (Wildman–Crippen MR) is 105 cm³/mol. The number of benzene rings is 1. The Morgan fingerprint density at radius 2 is 2.15 bits per heavy atom. The lowest BCUT2D eigenvalue weighted by Gasteiger charge is -2.18. The van der Waals surface area contributed by atoms with Gasteiger partial charge in [0.25, 0.3) is 0 Å². The van der Waals surface area contributed by atoms with E-state index >= 15 is 0 Å². The predicted octanol–water partition coefficient (Wildman–Crippen LogP) is 2.72. The number of nitrogens with one attached hydrogen (secondary N) is 2. The van der Waals surface area contributed by atoms with E-state index in [0.717, 1.165) is 10.4 Å². The van der Waals surface area contributed by atoms with Crippen molar-refractivity contribution in [3.05, 3.63) is 51.2 Å². The molecule has 7 nitrogen and oxygen atoms in total. The van der Waals surface area contributed by atoms with Gasteiger partial charge in [0.05, 0.1) is 12.6 Å². The topological polar surface area (TPSA) is 109 Å². The molecular formula is C17H21ClN4O3S. The number of nitrogens with two attached hydrogens (primary N) is 1. The molecule has 0 fully saturated rings. The van der Waals surface area contributed by atoms with Gasteiger partial charge in [-0.15, -0.1) is 11.3 Å². The van der Waals surface area contributed by atoms with Crippen molar-refractivity contribution >= 4 is 40.5 Å². The monoisotopic (exact) mass is 396 g/mol. The molecule has 1 unspecified atom stereocenters. The van der Waals surface area contributed by atoms with Crippen LogP contribution < -0.4 is 16.4 Å². The molecule has 1 heterocycles. The number of carbonyl (C=O) groups is 1. The summed E-state index contributed by atoms with van der Waals surface area (Å²) >= 11 is 7.41. The van der Waals surface area contributed by atoms with Crippen molar-refractivity contribution in [2.45, 2.75) is 19.4 Å². The molecule has 2 amide bonds. The van der Waals surface area contributed by atoms with E-state index in [2.05, 4.69) is 15.8 Å². The third kappa shape index (κ3) is 6.55. The average Bonchev–Trinajstić information content (AvgIpc) is 3.01. The summed E-state index contributed by atoms with van der Waals surface area (Å²) in [5.41, 5.74) is 7.70. The highest BCUT2D eigenvalue weighted by Gasteiger charge is 2.19. The van der Waals surface area contributed by atoms with Crippen LogP contribution in [-0.4, -0.2) is 36.2 Å². The molecule has 0 aliphatic carbocycles. The number of aliphatic hydroxyl groups is 1. The summed E-state index contributed by atoms with van der Waals surface area (Å²) in [6, 6.07) is 7.80. The molecule has 0 spiro atoms. The number of halogens is 1. The second-order valence-electron chi connectivity index (χ2n) is 5.53. The van der Waals surface area contributed by atoms with Crippen molar-refractivity contribution < 1.29 is 14.7 Å². The van der Waals surface area contributed by atoms with E-state index in [0.29, 0.717) is 17.1 Å². The zero-order chi connectivity index (χ0) is 18.9. The first-order valence-corrected chi connectivity index (χ1v) is 9.17. The number of nitrogens with zero attached hydrogens (tertiary/aromatic N) is 1. The number of oxime groups is 1. The zero-order valence-corrected chi connectivity index (χ0v) is 15.8. The molecule has 140 valence electrons. The number of aryl methyl sites for hydroxylation is 1. The molecule has 1 aromatic carbocycles. The van der Waals surface area contributed by atoms with Crippen LogP contribution >= 0.6 is 22.9 Å². The van der Waals surface area contributed by atoms with E-state index in [1.54, 1.807) is 35.6 Å². The molecule has 0 saturated carbocycles. The van der Waals surface area contributed by atoms with Crippen molar-refractivity contribution in [3.63, 3.8) is 0 Å². The maximum Gasteiger partial charge on any atom is 0.319 e. The molecule has 0 aliphatic rings. The SMILES string of the molecule is Cc1csc(CC(NC(=O)Nc2ccc(Cl)cc2)C(N)=NOCCO)c1. The Kier molecular flexibility index (Phi) is 7.71. The molecular weight excluding hydrogens is 376 g/mol. The smallest absolute Gasteiger partial charge is 0.319 e. The highest BCUT2D eigenvalue weighted by molar-refractivity contribution is 7.10. The van der Waals surface area contributed by atoms with E-state index in [9.17, 15) is 4.79 Å². The van der Waals surface area contributed by atoms with Crippen LogP contribution in [0.3, 0.4) is 0 Å². The summed E-state index contributed by atoms with van der Waals surface area (Å²) in [4.78, 5) is 18.3. The molecule has 2 aromatic rings. The minimum Gasteiger partial charge on any atom is -0.393 e. The van der Waals surface area contributed by atoms with Crippen LogP contribution in [-0.2, 0) is 11.3 Å². The van der Waals surface area contributed by atoms with Crippen LogP contribution in [0.5, 0.6) is 0 Å². The normalized spacial score (nSPS) is 12.5. The molecule has 9 heteroatoms. The minimum atomic E-state index is -0.556. The Morgan fingerprint density at radius 1 is 1.42 bits per heavy atom. The Hall–Kier alpha value is -2.29. The number of aliphatic hydroxyl groups excluding tert-OH is 1. The Labute approximate surface area is 160 Å². The zero-order valence-electron chi connectivity index (χ0n) is 14.2. The second kappa shape index (κ2) is 10.0. The Balaban J connectivity index is 2.05. The molecule has 0 saturated heterocycles. The lowest BCUT2D eigenvalue weighted by atomic mass is 10.1. The molecule has 26 heavy (non-hydrogen) atoms. The number of hydrogen-bond donors (Lipinski definition) is 4. The van der Waals surface area contributed by atoms with Crippen LogP contribution in [0.4, 0.5) is 10.5 Å². The minimum absolute atomic E-state index is 0.0303. The van der Waals surface area contributed by atoms with Gasteiger partial charge in [0.2, 0.25) is 0 Å². The molecule has 5 N–H and O–H groups in total. The van der Waals surface area contributed by atoms with Crippen LogP contribution in [0, 0.1) is 6.92 Å². The summed E-state index contributed by atoms with van der Waals surface area (Å²) < 4.78 is 0. The van der Waals surface area contributed by atoms with E-state index in [-0.39, 0.29) is 19.0 Å². The van der Waals surface area contributed by atoms with Gasteiger partial charge in [0.1, 0.15) is 6.61 Å². The number of hydrogen-bond acceptors (Lipinski definition) is 5. The van der Waals surface area contributed by atoms with E-state index in [1.165, 1.54) is 0 Å². The summed E-state index contributed by atoms with van der Waals surface area (Å²) in [6.45, 7) is 1.86. The molecule has 0 bridgehead atoms. The van der Waals surface area contributed by atoms with Crippen molar-refractivity contribution in [2.75, 3.05) is 18.5 Å². The quantitative estimate of drug-likeness (QED) is 0.238. The van der Waals surface area contributed by atoms with Gasteiger partial charge >= 0.3 is 6.03 Å². The maximum atomic E-state index is 12.3. The van der Waals surface area contributed by atoms with Gasteiger partial charge < -0.3 is 26.3 Å². The number of anilines is 1. The Bertz CT molecular complexity index is 749. The summed E-state index contributed by atoms with van der Waals surface area (Å²) in [7, 11) is 0.